The Morgan fingerprint density at radius 2 is 2.42 bits per heavy atom. The maximum atomic E-state index is 10.7. The lowest BCUT2D eigenvalue weighted by Gasteiger charge is -1.99. The van der Waals surface area contributed by atoms with Gasteiger partial charge in [-0.2, -0.15) is 0 Å². The van der Waals surface area contributed by atoms with Crippen LogP contribution in [0.5, 0.6) is 0 Å². The van der Waals surface area contributed by atoms with Crippen LogP contribution in [0.2, 0.25) is 0 Å². The number of carboxylic acid groups (broad SMARTS) is 1. The van der Waals surface area contributed by atoms with Crippen molar-refractivity contribution < 1.29 is 14.6 Å². The van der Waals surface area contributed by atoms with Gasteiger partial charge >= 0.3 is 13.5 Å². The van der Waals surface area contributed by atoms with Gasteiger partial charge in [-0.15, -0.1) is 0 Å². The van der Waals surface area contributed by atoms with Gasteiger partial charge in [-0.3, -0.25) is 0 Å². The lowest BCUT2D eigenvalue weighted by atomic mass is 9.83. The van der Waals surface area contributed by atoms with E-state index in [0.29, 0.717) is 17.6 Å². The van der Waals surface area contributed by atoms with Gasteiger partial charge in [-0.25, -0.2) is 4.79 Å². The SMILES string of the molecule is O=C(O)c1cccc2c1[B]OC2. The van der Waals surface area contributed by atoms with Gasteiger partial charge in [-0.1, -0.05) is 12.1 Å². The van der Waals surface area contributed by atoms with Crippen molar-refractivity contribution in [1.29, 1.82) is 0 Å². The summed E-state index contributed by atoms with van der Waals surface area (Å²) in [6.45, 7) is 0.483. The number of carbonyl (C=O) groups is 1. The highest BCUT2D eigenvalue weighted by atomic mass is 16.4. The topological polar surface area (TPSA) is 46.5 Å². The molecule has 0 aliphatic carbocycles. The Kier molecular flexibility index (Phi) is 1.62. The van der Waals surface area contributed by atoms with Crippen molar-refractivity contribution in [1.82, 2.24) is 0 Å². The van der Waals surface area contributed by atoms with E-state index in [0.717, 1.165) is 5.56 Å². The van der Waals surface area contributed by atoms with E-state index in [4.69, 9.17) is 9.76 Å². The van der Waals surface area contributed by atoms with E-state index in [-0.39, 0.29) is 0 Å². The van der Waals surface area contributed by atoms with Crippen LogP contribution in [-0.4, -0.2) is 18.6 Å². The summed E-state index contributed by atoms with van der Waals surface area (Å²) < 4.78 is 5.02. The Hall–Kier alpha value is -1.29. The standard InChI is InChI=1S/C8H6BO3/c10-8(11)6-3-1-2-5-4-12-9-7(5)6/h1-3H,4H2,(H,10,11). The number of rotatable bonds is 1. The van der Waals surface area contributed by atoms with Crippen LogP contribution in [0.15, 0.2) is 18.2 Å². The van der Waals surface area contributed by atoms with Gasteiger partial charge < -0.3 is 9.76 Å². The van der Waals surface area contributed by atoms with Gasteiger partial charge in [0.15, 0.2) is 0 Å². The van der Waals surface area contributed by atoms with Gasteiger partial charge in [0, 0.05) is 0 Å². The summed E-state index contributed by atoms with van der Waals surface area (Å²) in [5.74, 6) is -0.909. The number of carboxylic acids is 1. The predicted molar refractivity (Wildman–Crippen MR) is 43.6 cm³/mol. The van der Waals surface area contributed by atoms with Crippen molar-refractivity contribution in [3.63, 3.8) is 0 Å². The first kappa shape index (κ1) is 7.37. The molecule has 0 unspecified atom stereocenters. The lowest BCUT2D eigenvalue weighted by molar-refractivity contribution is 0.0698. The molecule has 0 fully saturated rings. The molecule has 1 aliphatic heterocycles. The maximum absolute atomic E-state index is 10.7. The van der Waals surface area contributed by atoms with Crippen molar-refractivity contribution in [3.8, 4) is 0 Å². The van der Waals surface area contributed by atoms with Gasteiger partial charge in [0.25, 0.3) is 0 Å². The fourth-order valence-electron chi connectivity index (χ4n) is 1.28. The zero-order valence-corrected chi connectivity index (χ0v) is 6.28. The highest BCUT2D eigenvalue weighted by Crippen LogP contribution is 2.08. The second-order valence-corrected chi connectivity index (χ2v) is 2.61. The van der Waals surface area contributed by atoms with E-state index in [1.165, 1.54) is 7.48 Å². The van der Waals surface area contributed by atoms with E-state index < -0.39 is 5.97 Å². The summed E-state index contributed by atoms with van der Waals surface area (Å²) >= 11 is 0. The Morgan fingerprint density at radius 3 is 3.17 bits per heavy atom. The molecule has 1 aromatic rings. The Balaban J connectivity index is 2.56. The zero-order valence-electron chi connectivity index (χ0n) is 6.28. The molecule has 0 atom stereocenters. The fourth-order valence-corrected chi connectivity index (χ4v) is 1.28. The molecule has 0 saturated heterocycles. The van der Waals surface area contributed by atoms with Crippen molar-refractivity contribution in [2.75, 3.05) is 0 Å². The molecular formula is C8H6BO3. The second kappa shape index (κ2) is 2.64. The molecule has 59 valence electrons. The van der Waals surface area contributed by atoms with E-state index in [2.05, 4.69) is 0 Å². The summed E-state index contributed by atoms with van der Waals surface area (Å²) in [5, 5.41) is 8.77. The second-order valence-electron chi connectivity index (χ2n) is 2.61. The number of hydrogen-bond acceptors (Lipinski definition) is 2. The van der Waals surface area contributed by atoms with Crippen molar-refractivity contribution >= 4 is 18.9 Å². The molecule has 1 heterocycles. The first-order valence-electron chi connectivity index (χ1n) is 3.59. The lowest BCUT2D eigenvalue weighted by Crippen LogP contribution is -2.21. The van der Waals surface area contributed by atoms with Crippen LogP contribution in [0.4, 0.5) is 0 Å². The summed E-state index contributed by atoms with van der Waals surface area (Å²) in [6.07, 6.45) is 0. The molecule has 1 aromatic carbocycles. The smallest absolute Gasteiger partial charge is 0.335 e. The highest BCUT2D eigenvalue weighted by molar-refractivity contribution is 6.51. The molecule has 1 radical (unpaired) electrons. The first-order valence-corrected chi connectivity index (χ1v) is 3.59. The fraction of sp³-hybridized carbons (Fsp3) is 0.125. The molecule has 1 aliphatic rings. The molecule has 0 amide bonds. The largest absolute Gasteiger partial charge is 0.478 e. The Labute approximate surface area is 70.2 Å². The molecule has 0 bridgehead atoms. The molecule has 2 rings (SSSR count). The summed E-state index contributed by atoms with van der Waals surface area (Å²) in [6, 6.07) is 5.17. The minimum Gasteiger partial charge on any atom is -0.478 e. The quantitative estimate of drug-likeness (QED) is 0.596. The van der Waals surface area contributed by atoms with Crippen LogP contribution in [0.25, 0.3) is 0 Å². The van der Waals surface area contributed by atoms with Crippen LogP contribution in [-0.2, 0) is 11.3 Å². The average Bonchev–Trinajstić information content (AvgIpc) is 2.49. The van der Waals surface area contributed by atoms with E-state index >= 15 is 0 Å². The third kappa shape index (κ3) is 1.01. The van der Waals surface area contributed by atoms with E-state index in [9.17, 15) is 4.79 Å². The molecule has 1 N–H and O–H groups in total. The number of aromatic carboxylic acids is 1. The maximum Gasteiger partial charge on any atom is 0.335 e. The van der Waals surface area contributed by atoms with Crippen molar-refractivity contribution in [3.05, 3.63) is 29.3 Å². The normalized spacial score (nSPS) is 13.7. The third-order valence-corrected chi connectivity index (χ3v) is 1.87. The van der Waals surface area contributed by atoms with Gasteiger partial charge in [0.05, 0.1) is 12.2 Å². The van der Waals surface area contributed by atoms with Gasteiger partial charge in [0.2, 0.25) is 0 Å². The predicted octanol–water partition coefficient (Wildman–Crippen LogP) is 0.159. The molecule has 4 heteroatoms. The van der Waals surface area contributed by atoms with Crippen LogP contribution in [0.1, 0.15) is 15.9 Å². The summed E-state index contributed by atoms with van der Waals surface area (Å²) in [7, 11) is 1.50. The van der Waals surface area contributed by atoms with Crippen LogP contribution in [0.3, 0.4) is 0 Å². The van der Waals surface area contributed by atoms with Crippen LogP contribution < -0.4 is 5.46 Å². The molecule has 0 saturated carbocycles. The first-order chi connectivity index (χ1) is 5.79. The molecule has 12 heavy (non-hydrogen) atoms. The average molecular weight is 161 g/mol. The molecule has 3 nitrogen and oxygen atoms in total. The highest BCUT2D eigenvalue weighted by Gasteiger charge is 2.19. The summed E-state index contributed by atoms with van der Waals surface area (Å²) in [5.41, 5.74) is 1.95. The number of hydrogen-bond donors (Lipinski definition) is 1. The van der Waals surface area contributed by atoms with Crippen LogP contribution >= 0.6 is 0 Å². The Bertz CT molecular complexity index is 335. The third-order valence-electron chi connectivity index (χ3n) is 1.87. The minimum atomic E-state index is -0.909. The van der Waals surface area contributed by atoms with Gasteiger partial charge in [0.1, 0.15) is 0 Å². The van der Waals surface area contributed by atoms with Crippen molar-refractivity contribution in [2.24, 2.45) is 0 Å². The Morgan fingerprint density at radius 1 is 1.58 bits per heavy atom. The number of fused-ring (bicyclic) bond motifs is 1. The molecule has 0 aromatic heterocycles. The molecular weight excluding hydrogens is 155 g/mol. The van der Waals surface area contributed by atoms with Crippen molar-refractivity contribution in [2.45, 2.75) is 6.61 Å². The monoisotopic (exact) mass is 161 g/mol. The number of benzene rings is 1. The van der Waals surface area contributed by atoms with Gasteiger partial charge in [-0.05, 0) is 17.1 Å². The summed E-state index contributed by atoms with van der Waals surface area (Å²) in [4.78, 5) is 10.7. The zero-order chi connectivity index (χ0) is 8.55. The van der Waals surface area contributed by atoms with E-state index in [1.807, 2.05) is 6.07 Å². The molecule has 0 spiro atoms. The minimum absolute atomic E-state index is 0.310. The van der Waals surface area contributed by atoms with Crippen LogP contribution in [0, 0.1) is 0 Å². The van der Waals surface area contributed by atoms with E-state index in [1.54, 1.807) is 12.1 Å².